The third kappa shape index (κ3) is 5.19. The second-order valence-corrected chi connectivity index (χ2v) is 9.85. The van der Waals surface area contributed by atoms with Crippen molar-refractivity contribution < 1.29 is 14.3 Å². The van der Waals surface area contributed by atoms with Crippen LogP contribution in [0.2, 0.25) is 0 Å². The Bertz CT molecular complexity index is 1560. The van der Waals surface area contributed by atoms with Gasteiger partial charge in [0, 0.05) is 55.3 Å². The molecule has 0 aliphatic carbocycles. The number of nitrogen functional groups attached to an aromatic ring is 1. The summed E-state index contributed by atoms with van der Waals surface area (Å²) in [4.78, 5) is 19.7. The number of aromatic nitrogens is 3. The molecule has 5 rings (SSSR count). The number of fused-ring (bicyclic) bond motifs is 2. The number of aryl methyl sites for hydroxylation is 1. The zero-order valence-electron chi connectivity index (χ0n) is 22.7. The van der Waals surface area contributed by atoms with Crippen LogP contribution < -0.4 is 10.5 Å². The molecule has 0 bridgehead atoms. The number of carbonyl (C=O) groups is 1. The summed E-state index contributed by atoms with van der Waals surface area (Å²) in [7, 11) is 0. The molecule has 4 aromatic rings. The zero-order valence-corrected chi connectivity index (χ0v) is 22.7. The zero-order chi connectivity index (χ0) is 27.7. The molecule has 2 aromatic heterocycles. The maximum Gasteiger partial charge on any atom is 0.374 e. The minimum Gasteiger partial charge on any atom is -0.490 e. The Hall–Kier alpha value is -4.34. The molecule has 1 fully saturated rings. The lowest BCUT2D eigenvalue weighted by atomic mass is 10.1. The fourth-order valence-corrected chi connectivity index (χ4v) is 5.34. The lowest BCUT2D eigenvalue weighted by molar-refractivity contribution is 0.0507. The van der Waals surface area contributed by atoms with Gasteiger partial charge < -0.3 is 29.2 Å². The summed E-state index contributed by atoms with van der Waals surface area (Å²) < 4.78 is 15.7. The van der Waals surface area contributed by atoms with Gasteiger partial charge in [0.15, 0.2) is 0 Å². The molecule has 10 heteroatoms. The van der Waals surface area contributed by atoms with Crippen molar-refractivity contribution in [2.24, 2.45) is 5.73 Å². The Morgan fingerprint density at radius 3 is 2.49 bits per heavy atom. The number of benzene rings is 2. The van der Waals surface area contributed by atoms with Crippen molar-refractivity contribution in [2.75, 3.05) is 19.7 Å². The van der Waals surface area contributed by atoms with E-state index in [0.717, 1.165) is 54.6 Å². The molecule has 1 aliphatic heterocycles. The van der Waals surface area contributed by atoms with Crippen LogP contribution in [0.1, 0.15) is 55.5 Å². The van der Waals surface area contributed by atoms with Crippen molar-refractivity contribution in [3.05, 3.63) is 59.5 Å². The van der Waals surface area contributed by atoms with E-state index < -0.39 is 5.97 Å². The number of carbonyl (C=O) groups excluding carboxylic acids is 1. The second kappa shape index (κ2) is 10.8. The normalized spacial score (nSPS) is 14.2. The number of piperidine rings is 1. The first-order valence-corrected chi connectivity index (χ1v) is 13.4. The third-order valence-corrected chi connectivity index (χ3v) is 7.33. The number of nitrogens with one attached hydrogen (secondary N) is 2. The van der Waals surface area contributed by atoms with Crippen molar-refractivity contribution in [3.63, 3.8) is 0 Å². The smallest absolute Gasteiger partial charge is 0.374 e. The van der Waals surface area contributed by atoms with Crippen LogP contribution in [0.5, 0.6) is 5.75 Å². The van der Waals surface area contributed by atoms with Crippen molar-refractivity contribution in [3.8, 4) is 5.75 Å². The summed E-state index contributed by atoms with van der Waals surface area (Å²) in [6.07, 6.45) is 1.78. The molecule has 4 N–H and O–H groups in total. The predicted octanol–water partition coefficient (Wildman–Crippen LogP) is 4.36. The fraction of sp³-hybridized carbons (Fsp3) is 0.379. The first-order chi connectivity index (χ1) is 18.8. The van der Waals surface area contributed by atoms with Gasteiger partial charge in [0.05, 0.1) is 30.0 Å². The first kappa shape index (κ1) is 26.3. The van der Waals surface area contributed by atoms with Crippen LogP contribution in [0, 0.1) is 10.8 Å². The number of rotatable bonds is 8. The maximum absolute atomic E-state index is 13.0. The Labute approximate surface area is 227 Å². The Morgan fingerprint density at radius 2 is 1.82 bits per heavy atom. The number of hydrogen-bond donors (Lipinski definition) is 3. The van der Waals surface area contributed by atoms with Gasteiger partial charge in [-0.1, -0.05) is 12.1 Å². The average molecular weight is 530 g/mol. The number of imidazole rings is 1. The summed E-state index contributed by atoms with van der Waals surface area (Å²) in [5, 5.41) is 16.7. The summed E-state index contributed by atoms with van der Waals surface area (Å²) in [6.45, 7) is 8.68. The van der Waals surface area contributed by atoms with E-state index in [1.807, 2.05) is 47.9 Å². The summed E-state index contributed by atoms with van der Waals surface area (Å²) >= 11 is 0. The standard InChI is InChI=1S/C29H35N7O3/c1-4-35-21(14-19-6-7-20(27(31)32)15-26(19)35)17-36-25-9-8-23(16-24(25)33-28(36)29(37)38-5-2)39-22-10-12-34(13-11-22)18(3)30/h6-9,14-16,22,30H,4-5,10-13,17H2,1-3H3,(H3,31,32). The Balaban J connectivity index is 1.49. The molecular weight excluding hydrogens is 494 g/mol. The van der Waals surface area contributed by atoms with Crippen LogP contribution in [-0.4, -0.2) is 62.5 Å². The first-order valence-electron chi connectivity index (χ1n) is 13.4. The van der Waals surface area contributed by atoms with E-state index in [4.69, 9.17) is 26.0 Å². The minimum atomic E-state index is -0.469. The van der Waals surface area contributed by atoms with Gasteiger partial charge in [0.25, 0.3) is 0 Å². The number of nitrogens with zero attached hydrogens (tertiary/aromatic N) is 4. The van der Waals surface area contributed by atoms with Gasteiger partial charge in [-0.25, -0.2) is 9.78 Å². The largest absolute Gasteiger partial charge is 0.490 e. The van der Waals surface area contributed by atoms with Gasteiger partial charge in [-0.3, -0.25) is 10.8 Å². The van der Waals surface area contributed by atoms with Gasteiger partial charge in [0.1, 0.15) is 17.7 Å². The molecule has 1 saturated heterocycles. The molecule has 2 aromatic carbocycles. The highest BCUT2D eigenvalue weighted by Gasteiger charge is 2.23. The molecule has 0 atom stereocenters. The lowest BCUT2D eigenvalue weighted by Gasteiger charge is -2.32. The van der Waals surface area contributed by atoms with E-state index in [2.05, 4.69) is 27.4 Å². The topological polar surface area (TPSA) is 135 Å². The van der Waals surface area contributed by atoms with Crippen LogP contribution in [0.4, 0.5) is 0 Å². The number of hydrogen-bond acceptors (Lipinski definition) is 6. The highest BCUT2D eigenvalue weighted by Crippen LogP contribution is 2.28. The van der Waals surface area contributed by atoms with Crippen molar-refractivity contribution >= 4 is 39.6 Å². The third-order valence-electron chi connectivity index (χ3n) is 7.33. The average Bonchev–Trinajstić information content (AvgIpc) is 3.46. The number of amidine groups is 2. The van der Waals surface area contributed by atoms with Crippen LogP contribution in [0.3, 0.4) is 0 Å². The molecule has 204 valence electrons. The monoisotopic (exact) mass is 529 g/mol. The van der Waals surface area contributed by atoms with Crippen LogP contribution in [0.25, 0.3) is 21.9 Å². The number of nitrogens with two attached hydrogens (primary N) is 1. The molecule has 0 radical (unpaired) electrons. The SMILES string of the molecule is CCOC(=O)c1nc2cc(OC3CCN(C(C)=N)CC3)ccc2n1Cc1cc2ccc(C(=N)N)cc2n1CC. The van der Waals surface area contributed by atoms with Crippen LogP contribution in [-0.2, 0) is 17.8 Å². The summed E-state index contributed by atoms with van der Waals surface area (Å²) in [5.41, 5.74) is 9.89. The fourth-order valence-electron chi connectivity index (χ4n) is 5.34. The van der Waals surface area contributed by atoms with Gasteiger partial charge in [0.2, 0.25) is 5.82 Å². The molecule has 0 amide bonds. The maximum atomic E-state index is 13.0. The highest BCUT2D eigenvalue weighted by molar-refractivity contribution is 5.99. The van der Waals surface area contributed by atoms with Crippen LogP contribution >= 0.6 is 0 Å². The van der Waals surface area contributed by atoms with Crippen molar-refractivity contribution in [1.82, 2.24) is 19.0 Å². The number of ether oxygens (including phenoxy) is 2. The lowest BCUT2D eigenvalue weighted by Crippen LogP contribution is -2.40. The molecular formula is C29H35N7O3. The van der Waals surface area contributed by atoms with E-state index in [1.165, 1.54) is 0 Å². The van der Waals surface area contributed by atoms with Crippen molar-refractivity contribution in [1.29, 1.82) is 10.8 Å². The van der Waals surface area contributed by atoms with Crippen LogP contribution in [0.15, 0.2) is 42.5 Å². The second-order valence-electron chi connectivity index (χ2n) is 9.85. The molecule has 39 heavy (non-hydrogen) atoms. The van der Waals surface area contributed by atoms with Gasteiger partial charge in [-0.15, -0.1) is 0 Å². The van der Waals surface area contributed by atoms with E-state index in [-0.39, 0.29) is 24.4 Å². The van der Waals surface area contributed by atoms with E-state index in [1.54, 1.807) is 6.92 Å². The minimum absolute atomic E-state index is 0.0286. The quantitative estimate of drug-likeness (QED) is 0.176. The number of esters is 1. The molecule has 1 aliphatic rings. The van der Waals surface area contributed by atoms with Gasteiger partial charge >= 0.3 is 5.97 Å². The van der Waals surface area contributed by atoms with E-state index in [9.17, 15) is 4.79 Å². The van der Waals surface area contributed by atoms with Crippen molar-refractivity contribution in [2.45, 2.75) is 52.8 Å². The molecule has 0 spiro atoms. The summed E-state index contributed by atoms with van der Waals surface area (Å²) in [6, 6.07) is 13.6. The Morgan fingerprint density at radius 1 is 1.05 bits per heavy atom. The molecule has 3 heterocycles. The summed E-state index contributed by atoms with van der Waals surface area (Å²) in [5.74, 6) is 1.11. The Kier molecular flexibility index (Phi) is 7.28. The van der Waals surface area contributed by atoms with Gasteiger partial charge in [-0.2, -0.15) is 0 Å². The highest BCUT2D eigenvalue weighted by atomic mass is 16.5. The molecule has 0 unspecified atom stereocenters. The number of likely N-dealkylation sites (tertiary alicyclic amines) is 1. The van der Waals surface area contributed by atoms with Gasteiger partial charge in [-0.05, 0) is 50.4 Å². The predicted molar refractivity (Wildman–Crippen MR) is 152 cm³/mol. The molecule has 10 nitrogen and oxygen atoms in total. The molecule has 0 saturated carbocycles. The van der Waals surface area contributed by atoms with E-state index in [0.29, 0.717) is 29.2 Å². The van der Waals surface area contributed by atoms with E-state index >= 15 is 0 Å².